The van der Waals surface area contributed by atoms with Crippen molar-refractivity contribution < 1.29 is 14.5 Å². The Labute approximate surface area is 115 Å². The summed E-state index contributed by atoms with van der Waals surface area (Å²) in [4.78, 5) is 0. The maximum Gasteiger partial charge on any atom is 0.158 e. The Balaban J connectivity index is 1.95. The molecule has 96 valence electrons. The van der Waals surface area contributed by atoms with Crippen LogP contribution in [0.5, 0.6) is 0 Å². The van der Waals surface area contributed by atoms with E-state index in [0.29, 0.717) is 0 Å². The number of halogens is 1. The fourth-order valence-electron chi connectivity index (χ4n) is 1.70. The van der Waals surface area contributed by atoms with Crippen molar-refractivity contribution in [2.75, 3.05) is 20.3 Å². The highest BCUT2D eigenvalue weighted by Gasteiger charge is 2.05. The Morgan fingerprint density at radius 1 is 1.17 bits per heavy atom. The fraction of sp³-hybridized carbons (Fsp3) is 0.286. The number of ether oxygens (including phenoxy) is 1. The molecule has 0 radical (unpaired) electrons. The van der Waals surface area contributed by atoms with E-state index in [1.54, 1.807) is 7.11 Å². The Kier molecular flexibility index (Phi) is 4.99. The molecular weight excluding hydrogens is 294 g/mol. The van der Waals surface area contributed by atoms with Crippen LogP contribution >= 0.6 is 15.9 Å². The average Bonchev–Trinajstić information content (AvgIpc) is 2.84. The van der Waals surface area contributed by atoms with Gasteiger partial charge < -0.3 is 14.5 Å². The van der Waals surface area contributed by atoms with E-state index >= 15 is 0 Å². The van der Waals surface area contributed by atoms with Crippen LogP contribution in [0, 0.1) is 0 Å². The van der Waals surface area contributed by atoms with Crippen molar-refractivity contribution in [1.29, 1.82) is 0 Å². The zero-order valence-corrected chi connectivity index (χ0v) is 11.9. The van der Waals surface area contributed by atoms with Crippen molar-refractivity contribution >= 4 is 15.9 Å². The van der Waals surface area contributed by atoms with Gasteiger partial charge in [0.05, 0.1) is 13.2 Å². The Bertz CT molecular complexity index is 479. The lowest BCUT2D eigenvalue weighted by Gasteiger charge is -1.99. The first kappa shape index (κ1) is 13.3. The fourth-order valence-corrected chi connectivity index (χ4v) is 1.97. The predicted octanol–water partition coefficient (Wildman–Crippen LogP) is 2.42. The van der Waals surface area contributed by atoms with Crippen molar-refractivity contribution in [3.63, 3.8) is 0 Å². The minimum Gasteiger partial charge on any atom is -0.455 e. The van der Waals surface area contributed by atoms with Gasteiger partial charge in [0.15, 0.2) is 5.76 Å². The molecule has 2 N–H and O–H groups in total. The lowest BCUT2D eigenvalue weighted by Crippen LogP contribution is -2.83. The molecule has 0 spiro atoms. The van der Waals surface area contributed by atoms with Gasteiger partial charge in [-0.15, -0.1) is 0 Å². The molecule has 3 nitrogen and oxygen atoms in total. The molecular formula is C14H17BrNO2+. The Morgan fingerprint density at radius 3 is 2.67 bits per heavy atom. The highest BCUT2D eigenvalue weighted by molar-refractivity contribution is 9.10. The van der Waals surface area contributed by atoms with Crippen molar-refractivity contribution in [3.05, 3.63) is 46.6 Å². The molecule has 0 aliphatic carbocycles. The Morgan fingerprint density at radius 2 is 1.94 bits per heavy atom. The van der Waals surface area contributed by atoms with Gasteiger partial charge in [0.1, 0.15) is 12.3 Å². The van der Waals surface area contributed by atoms with Gasteiger partial charge in [0.2, 0.25) is 0 Å². The van der Waals surface area contributed by atoms with Crippen LogP contribution in [0.25, 0.3) is 11.3 Å². The molecule has 0 bridgehead atoms. The monoisotopic (exact) mass is 310 g/mol. The zero-order chi connectivity index (χ0) is 12.8. The van der Waals surface area contributed by atoms with Gasteiger partial charge in [-0.05, 0) is 24.3 Å². The van der Waals surface area contributed by atoms with Crippen molar-refractivity contribution in [2.45, 2.75) is 6.54 Å². The van der Waals surface area contributed by atoms with Crippen LogP contribution in [0.1, 0.15) is 5.76 Å². The van der Waals surface area contributed by atoms with E-state index in [0.717, 1.165) is 41.3 Å². The number of methoxy groups -OCH3 is 1. The number of hydrogen-bond donors (Lipinski definition) is 1. The summed E-state index contributed by atoms with van der Waals surface area (Å²) in [5, 5.41) is 2.17. The minimum absolute atomic E-state index is 0.764. The summed E-state index contributed by atoms with van der Waals surface area (Å²) in [6.07, 6.45) is 0. The normalized spacial score (nSPS) is 10.8. The van der Waals surface area contributed by atoms with Crippen molar-refractivity contribution in [2.24, 2.45) is 0 Å². The quantitative estimate of drug-likeness (QED) is 0.832. The summed E-state index contributed by atoms with van der Waals surface area (Å²) in [7, 11) is 1.71. The summed E-state index contributed by atoms with van der Waals surface area (Å²) in [5.41, 5.74) is 1.10. The van der Waals surface area contributed by atoms with Crippen LogP contribution in [-0.4, -0.2) is 20.3 Å². The van der Waals surface area contributed by atoms with Crippen LogP contribution < -0.4 is 5.32 Å². The highest BCUT2D eigenvalue weighted by Crippen LogP contribution is 2.23. The van der Waals surface area contributed by atoms with Gasteiger partial charge in [-0.1, -0.05) is 28.1 Å². The molecule has 1 aromatic heterocycles. The highest BCUT2D eigenvalue weighted by atomic mass is 79.9. The molecule has 0 amide bonds. The van der Waals surface area contributed by atoms with E-state index in [4.69, 9.17) is 9.15 Å². The van der Waals surface area contributed by atoms with E-state index in [-0.39, 0.29) is 0 Å². The topological polar surface area (TPSA) is 39.0 Å². The standard InChI is InChI=1S/C14H16BrNO2/c1-17-9-8-16-10-13-6-7-14(18-13)11-2-4-12(15)5-3-11/h2-7,16H,8-10H2,1H3/p+1. The van der Waals surface area contributed by atoms with Gasteiger partial charge in [0.25, 0.3) is 0 Å². The molecule has 1 aromatic carbocycles. The first-order valence-corrected chi connectivity index (χ1v) is 6.74. The maximum atomic E-state index is 5.80. The lowest BCUT2D eigenvalue weighted by atomic mass is 10.2. The maximum absolute atomic E-state index is 5.80. The molecule has 0 aliphatic heterocycles. The molecule has 0 saturated carbocycles. The first-order valence-electron chi connectivity index (χ1n) is 5.95. The van der Waals surface area contributed by atoms with Gasteiger partial charge in [0, 0.05) is 17.1 Å². The molecule has 0 saturated heterocycles. The van der Waals surface area contributed by atoms with E-state index in [9.17, 15) is 0 Å². The smallest absolute Gasteiger partial charge is 0.158 e. The summed E-state index contributed by atoms with van der Waals surface area (Å²) in [6, 6.07) is 12.2. The molecule has 0 unspecified atom stereocenters. The van der Waals surface area contributed by atoms with Crippen molar-refractivity contribution in [1.82, 2.24) is 0 Å². The second-order valence-corrected chi connectivity index (χ2v) is 4.96. The lowest BCUT2D eigenvalue weighted by molar-refractivity contribution is -0.673. The second kappa shape index (κ2) is 6.73. The second-order valence-electron chi connectivity index (χ2n) is 4.05. The molecule has 1 heterocycles. The summed E-state index contributed by atoms with van der Waals surface area (Å²) in [5.74, 6) is 1.90. The summed E-state index contributed by atoms with van der Waals surface area (Å²) < 4.78 is 11.9. The van der Waals surface area contributed by atoms with Gasteiger partial charge in [-0.2, -0.15) is 0 Å². The number of rotatable bonds is 6. The third-order valence-electron chi connectivity index (χ3n) is 2.66. The molecule has 2 aromatic rings. The number of nitrogens with two attached hydrogens (primary N) is 1. The van der Waals surface area contributed by atoms with Gasteiger partial charge >= 0.3 is 0 Å². The van der Waals surface area contributed by atoms with E-state index in [1.807, 2.05) is 36.4 Å². The van der Waals surface area contributed by atoms with Crippen LogP contribution in [0.4, 0.5) is 0 Å². The van der Waals surface area contributed by atoms with Crippen molar-refractivity contribution in [3.8, 4) is 11.3 Å². The Hall–Kier alpha value is -1.10. The van der Waals surface area contributed by atoms with Crippen LogP contribution in [-0.2, 0) is 11.3 Å². The molecule has 0 fully saturated rings. The number of furan rings is 1. The molecule has 18 heavy (non-hydrogen) atoms. The number of benzene rings is 1. The number of hydrogen-bond acceptors (Lipinski definition) is 2. The average molecular weight is 311 g/mol. The predicted molar refractivity (Wildman–Crippen MR) is 74.2 cm³/mol. The minimum atomic E-state index is 0.764. The van der Waals surface area contributed by atoms with E-state index in [2.05, 4.69) is 21.2 Å². The van der Waals surface area contributed by atoms with E-state index < -0.39 is 0 Å². The molecule has 4 heteroatoms. The summed E-state index contributed by atoms with van der Waals surface area (Å²) >= 11 is 3.42. The van der Waals surface area contributed by atoms with Crippen LogP contribution in [0.2, 0.25) is 0 Å². The number of quaternary nitrogens is 1. The SMILES string of the molecule is COCC[NH2+]Cc1ccc(-c2ccc(Br)cc2)o1. The van der Waals surface area contributed by atoms with Gasteiger partial charge in [-0.3, -0.25) is 0 Å². The van der Waals surface area contributed by atoms with Crippen LogP contribution in [0.15, 0.2) is 45.3 Å². The summed E-state index contributed by atoms with van der Waals surface area (Å²) in [6.45, 7) is 2.56. The van der Waals surface area contributed by atoms with Gasteiger partial charge in [-0.25, -0.2) is 0 Å². The molecule has 0 aliphatic rings. The zero-order valence-electron chi connectivity index (χ0n) is 10.4. The molecule has 2 rings (SSSR count). The third kappa shape index (κ3) is 3.70. The first-order chi connectivity index (χ1) is 8.79. The largest absolute Gasteiger partial charge is 0.455 e. The van der Waals surface area contributed by atoms with E-state index in [1.165, 1.54) is 0 Å². The van der Waals surface area contributed by atoms with Crippen LogP contribution in [0.3, 0.4) is 0 Å². The molecule has 0 atom stereocenters. The third-order valence-corrected chi connectivity index (χ3v) is 3.19.